The lowest BCUT2D eigenvalue weighted by atomic mass is 9.74. The molecule has 4 nitrogen and oxygen atoms in total. The van der Waals surface area contributed by atoms with E-state index in [0.717, 1.165) is 25.7 Å². The van der Waals surface area contributed by atoms with Crippen molar-refractivity contribution in [2.75, 3.05) is 7.11 Å². The van der Waals surface area contributed by atoms with Crippen molar-refractivity contribution in [3.63, 3.8) is 0 Å². The Kier molecular flexibility index (Phi) is 6.11. The SMILES string of the molecule is COc1ccc(S(=O)(=O)NC2CCCCC2C(C)c2cccc3ccccc23)cc1. The fourth-order valence-corrected chi connectivity index (χ4v) is 6.13. The molecule has 4 rings (SSSR count). The highest BCUT2D eigenvalue weighted by Gasteiger charge is 2.34. The Hall–Kier alpha value is -2.37. The zero-order valence-corrected chi connectivity index (χ0v) is 18.4. The van der Waals surface area contributed by atoms with Gasteiger partial charge in [-0.25, -0.2) is 13.1 Å². The van der Waals surface area contributed by atoms with E-state index in [1.807, 2.05) is 0 Å². The van der Waals surface area contributed by atoms with E-state index in [4.69, 9.17) is 4.74 Å². The number of rotatable bonds is 6. The van der Waals surface area contributed by atoms with Gasteiger partial charge in [-0.3, -0.25) is 0 Å². The zero-order valence-electron chi connectivity index (χ0n) is 17.5. The van der Waals surface area contributed by atoms with Gasteiger partial charge in [0, 0.05) is 6.04 Å². The van der Waals surface area contributed by atoms with Gasteiger partial charge in [0.25, 0.3) is 0 Å². The molecule has 158 valence electrons. The van der Waals surface area contributed by atoms with E-state index in [2.05, 4.69) is 54.1 Å². The Balaban J connectivity index is 1.61. The second-order valence-corrected chi connectivity index (χ2v) is 9.92. The van der Waals surface area contributed by atoms with Crippen LogP contribution in [0.1, 0.15) is 44.1 Å². The lowest BCUT2D eigenvalue weighted by Gasteiger charge is -2.36. The molecule has 1 N–H and O–H groups in total. The molecule has 0 saturated heterocycles. The molecule has 0 amide bonds. The summed E-state index contributed by atoms with van der Waals surface area (Å²) in [4.78, 5) is 0.283. The summed E-state index contributed by atoms with van der Waals surface area (Å²) in [5.41, 5.74) is 1.30. The van der Waals surface area contributed by atoms with Gasteiger partial charge >= 0.3 is 0 Å². The molecular formula is C25H29NO3S. The van der Waals surface area contributed by atoms with Crippen molar-refractivity contribution in [3.05, 3.63) is 72.3 Å². The number of hydrogen-bond acceptors (Lipinski definition) is 3. The average molecular weight is 424 g/mol. The molecule has 3 unspecified atom stereocenters. The largest absolute Gasteiger partial charge is 0.497 e. The minimum Gasteiger partial charge on any atom is -0.497 e. The van der Waals surface area contributed by atoms with Crippen LogP contribution in [0.3, 0.4) is 0 Å². The molecule has 1 aliphatic carbocycles. The van der Waals surface area contributed by atoms with Crippen molar-refractivity contribution in [3.8, 4) is 5.75 Å². The molecule has 3 aromatic rings. The van der Waals surface area contributed by atoms with E-state index >= 15 is 0 Å². The molecular weight excluding hydrogens is 394 g/mol. The topological polar surface area (TPSA) is 55.4 Å². The Morgan fingerprint density at radius 2 is 1.63 bits per heavy atom. The van der Waals surface area contributed by atoms with E-state index in [1.165, 1.54) is 16.3 Å². The zero-order chi connectivity index (χ0) is 21.1. The summed E-state index contributed by atoms with van der Waals surface area (Å²) in [6.45, 7) is 2.24. The van der Waals surface area contributed by atoms with Crippen molar-refractivity contribution in [2.24, 2.45) is 5.92 Å². The first-order valence-corrected chi connectivity index (χ1v) is 12.1. The monoisotopic (exact) mass is 423 g/mol. The van der Waals surface area contributed by atoms with Crippen molar-refractivity contribution in [2.45, 2.75) is 49.5 Å². The van der Waals surface area contributed by atoms with E-state index in [-0.39, 0.29) is 22.8 Å². The Bertz CT molecular complexity index is 1100. The minimum atomic E-state index is -3.58. The molecule has 5 heteroatoms. The molecule has 3 aromatic carbocycles. The maximum atomic E-state index is 13.1. The average Bonchev–Trinajstić information content (AvgIpc) is 2.78. The summed E-state index contributed by atoms with van der Waals surface area (Å²) in [6.07, 6.45) is 4.09. The summed E-state index contributed by atoms with van der Waals surface area (Å²) in [5, 5.41) is 2.49. The molecule has 1 saturated carbocycles. The lowest BCUT2D eigenvalue weighted by molar-refractivity contribution is 0.257. The highest BCUT2D eigenvalue weighted by molar-refractivity contribution is 7.89. The molecule has 0 bridgehead atoms. The molecule has 0 aliphatic heterocycles. The fraction of sp³-hybridized carbons (Fsp3) is 0.360. The molecule has 3 atom stereocenters. The summed E-state index contributed by atoms with van der Waals surface area (Å²) in [5.74, 6) is 1.17. The van der Waals surface area contributed by atoms with Crippen LogP contribution in [-0.2, 0) is 10.0 Å². The van der Waals surface area contributed by atoms with Gasteiger partial charge in [0.2, 0.25) is 10.0 Å². The smallest absolute Gasteiger partial charge is 0.240 e. The second-order valence-electron chi connectivity index (χ2n) is 8.21. The standard InChI is InChI=1S/C25H29NO3S/c1-18(22-12-7-9-19-8-3-4-11-24(19)22)23-10-5-6-13-25(23)26-30(27,28)21-16-14-20(29-2)15-17-21/h3-4,7-9,11-12,14-18,23,25-26H,5-6,10,13H2,1-2H3. The second kappa shape index (κ2) is 8.78. The fourth-order valence-electron chi connectivity index (χ4n) is 4.80. The number of hydrogen-bond donors (Lipinski definition) is 1. The van der Waals surface area contributed by atoms with Crippen LogP contribution in [0.15, 0.2) is 71.6 Å². The van der Waals surface area contributed by atoms with Crippen molar-refractivity contribution >= 4 is 20.8 Å². The Labute approximate surface area is 179 Å². The third kappa shape index (κ3) is 4.23. The van der Waals surface area contributed by atoms with Crippen LogP contribution < -0.4 is 9.46 Å². The maximum Gasteiger partial charge on any atom is 0.240 e. The summed E-state index contributed by atoms with van der Waals surface area (Å²) in [7, 11) is -2.01. The van der Waals surface area contributed by atoms with Crippen LogP contribution in [0.4, 0.5) is 0 Å². The third-order valence-corrected chi connectivity index (χ3v) is 7.96. The predicted molar refractivity (Wildman–Crippen MR) is 121 cm³/mol. The number of methoxy groups -OCH3 is 1. The van der Waals surface area contributed by atoms with Crippen LogP contribution in [-0.4, -0.2) is 21.6 Å². The normalized spacial score (nSPS) is 20.7. The van der Waals surface area contributed by atoms with Gasteiger partial charge in [0.15, 0.2) is 0 Å². The number of nitrogens with one attached hydrogen (secondary N) is 1. The third-order valence-electron chi connectivity index (χ3n) is 6.45. The van der Waals surface area contributed by atoms with E-state index in [1.54, 1.807) is 31.4 Å². The molecule has 1 aliphatic rings. The molecule has 0 aromatic heterocycles. The summed E-state index contributed by atoms with van der Waals surface area (Å²) >= 11 is 0. The van der Waals surface area contributed by atoms with Gasteiger partial charge in [-0.05, 0) is 65.3 Å². The van der Waals surface area contributed by atoms with Gasteiger partial charge in [0.1, 0.15) is 5.75 Å². The highest BCUT2D eigenvalue weighted by atomic mass is 32.2. The number of ether oxygens (including phenoxy) is 1. The molecule has 1 fully saturated rings. The minimum absolute atomic E-state index is 0.0696. The number of fused-ring (bicyclic) bond motifs is 1. The van der Waals surface area contributed by atoms with Crippen molar-refractivity contribution < 1.29 is 13.2 Å². The quantitative estimate of drug-likeness (QED) is 0.570. The summed E-state index contributed by atoms with van der Waals surface area (Å²) in [6, 6.07) is 21.4. The lowest BCUT2D eigenvalue weighted by Crippen LogP contribution is -2.43. The molecule has 0 heterocycles. The van der Waals surface area contributed by atoms with Crippen LogP contribution in [0.5, 0.6) is 5.75 Å². The van der Waals surface area contributed by atoms with Gasteiger partial charge in [-0.1, -0.05) is 62.2 Å². The predicted octanol–water partition coefficient (Wildman–Crippen LogP) is 5.49. The van der Waals surface area contributed by atoms with E-state index < -0.39 is 10.0 Å². The highest BCUT2D eigenvalue weighted by Crippen LogP contribution is 2.39. The van der Waals surface area contributed by atoms with Crippen molar-refractivity contribution in [1.82, 2.24) is 4.72 Å². The molecule has 30 heavy (non-hydrogen) atoms. The van der Waals surface area contributed by atoms with Crippen LogP contribution >= 0.6 is 0 Å². The molecule has 0 spiro atoms. The first-order valence-electron chi connectivity index (χ1n) is 10.6. The van der Waals surface area contributed by atoms with Crippen molar-refractivity contribution in [1.29, 1.82) is 0 Å². The van der Waals surface area contributed by atoms with E-state index in [0.29, 0.717) is 5.75 Å². The van der Waals surface area contributed by atoms with Crippen LogP contribution in [0.25, 0.3) is 10.8 Å². The van der Waals surface area contributed by atoms with Gasteiger partial charge in [-0.2, -0.15) is 0 Å². The van der Waals surface area contributed by atoms with Gasteiger partial charge in [-0.15, -0.1) is 0 Å². The van der Waals surface area contributed by atoms with E-state index in [9.17, 15) is 8.42 Å². The van der Waals surface area contributed by atoms with Gasteiger partial charge in [0.05, 0.1) is 12.0 Å². The number of sulfonamides is 1. The molecule has 0 radical (unpaired) electrons. The first kappa shape index (κ1) is 20.9. The maximum absolute atomic E-state index is 13.1. The van der Waals surface area contributed by atoms with Gasteiger partial charge < -0.3 is 4.74 Å². The Morgan fingerprint density at radius 3 is 2.40 bits per heavy atom. The first-order chi connectivity index (χ1) is 14.5. The summed E-state index contributed by atoms with van der Waals surface area (Å²) < 4.78 is 34.3. The Morgan fingerprint density at radius 1 is 0.933 bits per heavy atom. The van der Waals surface area contributed by atoms with Crippen LogP contribution in [0, 0.1) is 5.92 Å². The number of benzene rings is 3. The van der Waals surface area contributed by atoms with Crippen LogP contribution in [0.2, 0.25) is 0 Å².